The van der Waals surface area contributed by atoms with Gasteiger partial charge in [-0.3, -0.25) is 4.79 Å². The molecule has 0 bridgehead atoms. The maximum Gasteiger partial charge on any atom is 0.225 e. The lowest BCUT2D eigenvalue weighted by molar-refractivity contribution is -0.135. The Morgan fingerprint density at radius 2 is 2.40 bits per heavy atom. The van der Waals surface area contributed by atoms with Gasteiger partial charge in [-0.05, 0) is 24.3 Å². The quantitative estimate of drug-likeness (QED) is 0.754. The molecule has 0 saturated carbocycles. The standard InChI is InChI=1S/C12H17NOS/c1-9(2)12(14)13-7-3-5-10(13)11-6-4-8-15-11/h4,6,8-10H,3,5,7H2,1-2H3/t10-/m1/s1. The monoisotopic (exact) mass is 223 g/mol. The van der Waals surface area contributed by atoms with E-state index in [1.165, 1.54) is 4.88 Å². The van der Waals surface area contributed by atoms with Crippen molar-refractivity contribution in [3.05, 3.63) is 22.4 Å². The van der Waals surface area contributed by atoms with Crippen LogP contribution >= 0.6 is 11.3 Å². The Balaban J connectivity index is 2.15. The summed E-state index contributed by atoms with van der Waals surface area (Å²) in [6.45, 7) is 4.89. The van der Waals surface area contributed by atoms with Crippen molar-refractivity contribution in [2.45, 2.75) is 32.7 Å². The fraction of sp³-hybridized carbons (Fsp3) is 0.583. The molecule has 1 aromatic rings. The highest BCUT2D eigenvalue weighted by atomic mass is 32.1. The van der Waals surface area contributed by atoms with Crippen molar-refractivity contribution in [1.29, 1.82) is 0 Å². The molecule has 15 heavy (non-hydrogen) atoms. The van der Waals surface area contributed by atoms with Gasteiger partial charge in [-0.15, -0.1) is 11.3 Å². The van der Waals surface area contributed by atoms with Crippen LogP contribution in [0, 0.1) is 5.92 Å². The number of rotatable bonds is 2. The molecule has 1 aliphatic heterocycles. The molecule has 0 aromatic carbocycles. The summed E-state index contributed by atoms with van der Waals surface area (Å²) in [5, 5.41) is 2.09. The summed E-state index contributed by atoms with van der Waals surface area (Å²) in [6, 6.07) is 4.55. The number of hydrogen-bond acceptors (Lipinski definition) is 2. The topological polar surface area (TPSA) is 20.3 Å². The van der Waals surface area contributed by atoms with Crippen LogP contribution in [0.15, 0.2) is 17.5 Å². The van der Waals surface area contributed by atoms with Crippen LogP contribution < -0.4 is 0 Å². The molecule has 0 unspecified atom stereocenters. The van der Waals surface area contributed by atoms with Crippen LogP contribution in [0.3, 0.4) is 0 Å². The summed E-state index contributed by atoms with van der Waals surface area (Å²) in [7, 11) is 0. The summed E-state index contributed by atoms with van der Waals surface area (Å²) in [5.74, 6) is 0.413. The molecule has 1 fully saturated rings. The zero-order valence-corrected chi connectivity index (χ0v) is 10.1. The zero-order valence-electron chi connectivity index (χ0n) is 9.27. The van der Waals surface area contributed by atoms with Crippen molar-refractivity contribution >= 4 is 17.2 Å². The molecule has 1 saturated heterocycles. The first-order valence-electron chi connectivity index (χ1n) is 5.54. The van der Waals surface area contributed by atoms with E-state index in [-0.39, 0.29) is 5.92 Å². The van der Waals surface area contributed by atoms with Crippen LogP contribution in [-0.4, -0.2) is 17.4 Å². The van der Waals surface area contributed by atoms with Crippen molar-refractivity contribution in [3.8, 4) is 0 Å². The number of thiophene rings is 1. The number of nitrogens with zero attached hydrogens (tertiary/aromatic N) is 1. The number of carbonyl (C=O) groups is 1. The lowest BCUT2D eigenvalue weighted by atomic mass is 10.1. The number of carbonyl (C=O) groups excluding carboxylic acids is 1. The summed E-state index contributed by atoms with van der Waals surface area (Å²) in [6.07, 6.45) is 2.26. The Morgan fingerprint density at radius 3 is 3.00 bits per heavy atom. The first-order valence-corrected chi connectivity index (χ1v) is 6.42. The maximum absolute atomic E-state index is 12.0. The normalized spacial score (nSPS) is 21.3. The molecule has 2 nitrogen and oxygen atoms in total. The molecule has 0 spiro atoms. The predicted molar refractivity (Wildman–Crippen MR) is 62.8 cm³/mol. The Hall–Kier alpha value is -0.830. The zero-order chi connectivity index (χ0) is 10.8. The molecule has 0 N–H and O–H groups in total. The molecular formula is C12H17NOS. The van der Waals surface area contributed by atoms with Gasteiger partial charge in [-0.2, -0.15) is 0 Å². The Morgan fingerprint density at radius 1 is 1.60 bits per heavy atom. The number of hydrogen-bond donors (Lipinski definition) is 0. The summed E-state index contributed by atoms with van der Waals surface area (Å²) in [4.78, 5) is 15.4. The Bertz CT molecular complexity index is 331. The summed E-state index contributed by atoms with van der Waals surface area (Å²) < 4.78 is 0. The molecule has 3 heteroatoms. The molecular weight excluding hydrogens is 206 g/mol. The van der Waals surface area contributed by atoms with Crippen molar-refractivity contribution in [2.24, 2.45) is 5.92 Å². The molecule has 2 rings (SSSR count). The van der Waals surface area contributed by atoms with Crippen LogP contribution in [0.4, 0.5) is 0 Å². The van der Waals surface area contributed by atoms with Gasteiger partial charge in [0, 0.05) is 17.3 Å². The van der Waals surface area contributed by atoms with Gasteiger partial charge in [-0.1, -0.05) is 19.9 Å². The SMILES string of the molecule is CC(C)C(=O)N1CCC[C@@H]1c1cccs1. The third-order valence-corrected chi connectivity index (χ3v) is 3.87. The fourth-order valence-electron chi connectivity index (χ4n) is 2.14. The fourth-order valence-corrected chi connectivity index (χ4v) is 3.01. The van der Waals surface area contributed by atoms with E-state index in [1.807, 2.05) is 13.8 Å². The molecule has 0 aliphatic carbocycles. The van der Waals surface area contributed by atoms with Gasteiger partial charge in [0.15, 0.2) is 0 Å². The van der Waals surface area contributed by atoms with Gasteiger partial charge in [0.2, 0.25) is 5.91 Å². The highest BCUT2D eigenvalue weighted by Gasteiger charge is 2.31. The summed E-state index contributed by atoms with van der Waals surface area (Å²) >= 11 is 1.76. The molecule has 82 valence electrons. The Labute approximate surface area is 94.9 Å². The smallest absolute Gasteiger partial charge is 0.225 e. The second-order valence-corrected chi connectivity index (χ2v) is 5.34. The molecule has 1 atom stereocenters. The van der Waals surface area contributed by atoms with Crippen LogP contribution in [0.1, 0.15) is 37.6 Å². The number of amides is 1. The number of likely N-dealkylation sites (tertiary alicyclic amines) is 1. The van der Waals surface area contributed by atoms with Gasteiger partial charge in [0.25, 0.3) is 0 Å². The van der Waals surface area contributed by atoms with E-state index in [0.29, 0.717) is 11.9 Å². The van der Waals surface area contributed by atoms with E-state index >= 15 is 0 Å². The van der Waals surface area contributed by atoms with Gasteiger partial charge >= 0.3 is 0 Å². The van der Waals surface area contributed by atoms with Crippen molar-refractivity contribution in [2.75, 3.05) is 6.54 Å². The maximum atomic E-state index is 12.0. The lowest BCUT2D eigenvalue weighted by Gasteiger charge is -2.25. The van der Waals surface area contributed by atoms with Crippen LogP contribution in [-0.2, 0) is 4.79 Å². The van der Waals surface area contributed by atoms with Gasteiger partial charge in [0.05, 0.1) is 6.04 Å². The van der Waals surface area contributed by atoms with Crippen molar-refractivity contribution < 1.29 is 4.79 Å². The van der Waals surface area contributed by atoms with E-state index in [4.69, 9.17) is 0 Å². The largest absolute Gasteiger partial charge is 0.335 e. The van der Waals surface area contributed by atoms with Crippen LogP contribution in [0.5, 0.6) is 0 Å². The van der Waals surface area contributed by atoms with E-state index in [1.54, 1.807) is 11.3 Å². The first kappa shape index (κ1) is 10.7. The van der Waals surface area contributed by atoms with E-state index in [9.17, 15) is 4.79 Å². The van der Waals surface area contributed by atoms with Crippen LogP contribution in [0.25, 0.3) is 0 Å². The Kier molecular flexibility index (Phi) is 3.10. The van der Waals surface area contributed by atoms with Gasteiger partial charge < -0.3 is 4.90 Å². The third-order valence-electron chi connectivity index (χ3n) is 2.90. The molecule has 2 heterocycles. The van der Waals surface area contributed by atoms with E-state index < -0.39 is 0 Å². The molecule has 1 aliphatic rings. The summed E-state index contributed by atoms with van der Waals surface area (Å²) in [5.41, 5.74) is 0. The molecule has 1 aromatic heterocycles. The minimum absolute atomic E-state index is 0.116. The highest BCUT2D eigenvalue weighted by Crippen LogP contribution is 2.35. The second kappa shape index (κ2) is 4.35. The second-order valence-electron chi connectivity index (χ2n) is 4.36. The van der Waals surface area contributed by atoms with Crippen molar-refractivity contribution in [1.82, 2.24) is 4.90 Å². The van der Waals surface area contributed by atoms with E-state index in [0.717, 1.165) is 19.4 Å². The lowest BCUT2D eigenvalue weighted by Crippen LogP contribution is -2.33. The minimum Gasteiger partial charge on any atom is -0.335 e. The van der Waals surface area contributed by atoms with Gasteiger partial charge in [-0.25, -0.2) is 0 Å². The average Bonchev–Trinajstić information content (AvgIpc) is 2.86. The first-order chi connectivity index (χ1) is 7.20. The highest BCUT2D eigenvalue weighted by molar-refractivity contribution is 7.10. The third kappa shape index (κ3) is 2.07. The van der Waals surface area contributed by atoms with Crippen molar-refractivity contribution in [3.63, 3.8) is 0 Å². The minimum atomic E-state index is 0.116. The molecule has 0 radical (unpaired) electrons. The average molecular weight is 223 g/mol. The van der Waals surface area contributed by atoms with Crippen LogP contribution in [0.2, 0.25) is 0 Å². The van der Waals surface area contributed by atoms with E-state index in [2.05, 4.69) is 22.4 Å². The van der Waals surface area contributed by atoms with Gasteiger partial charge in [0.1, 0.15) is 0 Å². The predicted octanol–water partition coefficient (Wildman–Crippen LogP) is 3.07. The molecule has 1 amide bonds.